The van der Waals surface area contributed by atoms with Gasteiger partial charge in [-0.2, -0.15) is 5.10 Å². The zero-order chi connectivity index (χ0) is 19.6. The van der Waals surface area contributed by atoms with E-state index in [9.17, 15) is 9.59 Å². The highest BCUT2D eigenvalue weighted by Crippen LogP contribution is 2.23. The summed E-state index contributed by atoms with van der Waals surface area (Å²) >= 11 is 0. The van der Waals surface area contributed by atoms with Crippen molar-refractivity contribution in [3.05, 3.63) is 46.8 Å². The number of ether oxygens (including phenoxy) is 1. The molecule has 0 atom stereocenters. The van der Waals surface area contributed by atoms with Crippen LogP contribution in [-0.2, 0) is 24.1 Å². The lowest BCUT2D eigenvalue weighted by molar-refractivity contribution is 0.0222. The van der Waals surface area contributed by atoms with Gasteiger partial charge in [0, 0.05) is 29.9 Å². The van der Waals surface area contributed by atoms with E-state index in [2.05, 4.69) is 22.4 Å². The molecule has 0 unspecified atom stereocenters. The molecule has 0 spiro atoms. The molecule has 7 nitrogen and oxygen atoms in total. The highest BCUT2D eigenvalue weighted by atomic mass is 16.6. The van der Waals surface area contributed by atoms with Gasteiger partial charge in [0.15, 0.2) is 5.69 Å². The van der Waals surface area contributed by atoms with Gasteiger partial charge in [-0.05, 0) is 44.9 Å². The molecule has 0 saturated carbocycles. The number of fused-ring (bicyclic) bond motifs is 1. The second-order valence-electron chi connectivity index (χ2n) is 7.69. The molecule has 0 bridgehead atoms. The van der Waals surface area contributed by atoms with Crippen LogP contribution in [0.2, 0.25) is 0 Å². The molecular formula is C20H26N4O3. The second-order valence-corrected chi connectivity index (χ2v) is 7.69. The maximum Gasteiger partial charge on any atom is 0.410 e. The summed E-state index contributed by atoms with van der Waals surface area (Å²) < 4.78 is 5.44. The topological polar surface area (TPSA) is 87.3 Å². The molecule has 27 heavy (non-hydrogen) atoms. The third-order valence-corrected chi connectivity index (χ3v) is 4.42. The Bertz CT molecular complexity index is 834. The van der Waals surface area contributed by atoms with E-state index in [4.69, 9.17) is 4.74 Å². The van der Waals surface area contributed by atoms with E-state index in [0.29, 0.717) is 30.9 Å². The number of aryl methyl sites for hydroxylation is 1. The number of carbonyl (C=O) groups excluding carboxylic acids is 2. The van der Waals surface area contributed by atoms with E-state index < -0.39 is 5.60 Å². The number of H-pyrrole nitrogens is 1. The van der Waals surface area contributed by atoms with Crippen molar-refractivity contribution in [2.75, 3.05) is 11.9 Å². The first-order valence-corrected chi connectivity index (χ1v) is 9.21. The molecule has 1 aromatic heterocycles. The molecule has 0 fully saturated rings. The maximum absolute atomic E-state index is 12.7. The average Bonchev–Trinajstić information content (AvgIpc) is 3.04. The molecule has 1 aromatic carbocycles. The molecule has 7 heteroatoms. The number of hydrogen-bond donors (Lipinski definition) is 2. The zero-order valence-electron chi connectivity index (χ0n) is 16.3. The Morgan fingerprint density at radius 3 is 2.59 bits per heavy atom. The molecule has 0 aliphatic carbocycles. The van der Waals surface area contributed by atoms with Crippen molar-refractivity contribution in [3.8, 4) is 0 Å². The van der Waals surface area contributed by atoms with Crippen LogP contribution in [-0.4, -0.2) is 39.2 Å². The summed E-state index contributed by atoms with van der Waals surface area (Å²) in [6.07, 6.45) is 1.18. The van der Waals surface area contributed by atoms with Gasteiger partial charge in [-0.1, -0.05) is 19.1 Å². The van der Waals surface area contributed by atoms with Crippen LogP contribution < -0.4 is 5.32 Å². The fourth-order valence-corrected chi connectivity index (χ4v) is 2.98. The molecular weight excluding hydrogens is 344 g/mol. The third kappa shape index (κ3) is 4.48. The Kier molecular flexibility index (Phi) is 5.21. The van der Waals surface area contributed by atoms with Crippen LogP contribution in [0.3, 0.4) is 0 Å². The van der Waals surface area contributed by atoms with Gasteiger partial charge in [-0.25, -0.2) is 4.79 Å². The molecule has 2 amide bonds. The van der Waals surface area contributed by atoms with Crippen LogP contribution in [0.25, 0.3) is 0 Å². The summed E-state index contributed by atoms with van der Waals surface area (Å²) in [7, 11) is 0. The van der Waals surface area contributed by atoms with E-state index in [-0.39, 0.29) is 12.0 Å². The van der Waals surface area contributed by atoms with Gasteiger partial charge >= 0.3 is 6.09 Å². The Morgan fingerprint density at radius 2 is 1.96 bits per heavy atom. The highest BCUT2D eigenvalue weighted by Gasteiger charge is 2.30. The minimum Gasteiger partial charge on any atom is -0.444 e. The van der Waals surface area contributed by atoms with Crippen molar-refractivity contribution in [2.24, 2.45) is 0 Å². The summed E-state index contributed by atoms with van der Waals surface area (Å²) in [4.78, 5) is 26.6. The summed E-state index contributed by atoms with van der Waals surface area (Å²) in [6.45, 7) is 8.42. The van der Waals surface area contributed by atoms with Crippen molar-refractivity contribution >= 4 is 17.7 Å². The Hall–Kier alpha value is -2.83. The zero-order valence-corrected chi connectivity index (χ0v) is 16.3. The molecule has 1 aliphatic rings. The first kappa shape index (κ1) is 18.9. The lowest BCUT2D eigenvalue weighted by atomic mass is 10.1. The number of rotatable bonds is 3. The molecule has 2 aromatic rings. The first-order chi connectivity index (χ1) is 12.8. The van der Waals surface area contributed by atoms with E-state index in [1.165, 1.54) is 5.56 Å². The first-order valence-electron chi connectivity index (χ1n) is 9.21. The van der Waals surface area contributed by atoms with Crippen molar-refractivity contribution < 1.29 is 14.3 Å². The van der Waals surface area contributed by atoms with Crippen LogP contribution in [0.5, 0.6) is 0 Å². The van der Waals surface area contributed by atoms with Crippen molar-refractivity contribution in [1.82, 2.24) is 15.1 Å². The number of carbonyl (C=O) groups is 2. The lowest BCUT2D eigenvalue weighted by Gasteiger charge is -2.30. The van der Waals surface area contributed by atoms with Gasteiger partial charge in [-0.15, -0.1) is 0 Å². The average molecular weight is 370 g/mol. The van der Waals surface area contributed by atoms with Gasteiger partial charge in [0.2, 0.25) is 0 Å². The van der Waals surface area contributed by atoms with Crippen molar-refractivity contribution in [2.45, 2.75) is 52.7 Å². The fraction of sp³-hybridized carbons (Fsp3) is 0.450. The van der Waals surface area contributed by atoms with Gasteiger partial charge in [0.25, 0.3) is 5.91 Å². The van der Waals surface area contributed by atoms with Gasteiger partial charge in [0.1, 0.15) is 5.60 Å². The minimum absolute atomic E-state index is 0.289. The van der Waals surface area contributed by atoms with E-state index >= 15 is 0 Å². The Morgan fingerprint density at radius 1 is 1.26 bits per heavy atom. The number of benzene rings is 1. The van der Waals surface area contributed by atoms with Gasteiger partial charge < -0.3 is 15.0 Å². The number of nitrogens with one attached hydrogen (secondary N) is 2. The molecule has 2 heterocycles. The summed E-state index contributed by atoms with van der Waals surface area (Å²) in [5.74, 6) is -0.289. The smallest absolute Gasteiger partial charge is 0.410 e. The lowest BCUT2D eigenvalue weighted by Crippen LogP contribution is -2.40. The van der Waals surface area contributed by atoms with Crippen molar-refractivity contribution in [1.29, 1.82) is 0 Å². The number of amides is 2. The SMILES string of the molecule is CCc1ccc(NC(=O)c2n[nH]c3c2CN(C(=O)OC(C)(C)C)CC3)cc1. The standard InChI is InChI=1S/C20H26N4O3/c1-5-13-6-8-14(9-7-13)21-18(25)17-15-12-24(11-10-16(15)22-23-17)19(26)27-20(2,3)4/h6-9H,5,10-12H2,1-4H3,(H,21,25)(H,22,23). The van der Waals surface area contributed by atoms with E-state index in [1.807, 2.05) is 45.0 Å². The van der Waals surface area contributed by atoms with E-state index in [0.717, 1.165) is 17.7 Å². The van der Waals surface area contributed by atoms with Gasteiger partial charge in [0.05, 0.1) is 6.54 Å². The third-order valence-electron chi connectivity index (χ3n) is 4.42. The minimum atomic E-state index is -0.557. The number of anilines is 1. The summed E-state index contributed by atoms with van der Waals surface area (Å²) in [5, 5.41) is 9.98. The van der Waals surface area contributed by atoms with Crippen molar-refractivity contribution in [3.63, 3.8) is 0 Å². The largest absolute Gasteiger partial charge is 0.444 e. The Labute approximate surface area is 159 Å². The molecule has 1 aliphatic heterocycles. The monoisotopic (exact) mass is 370 g/mol. The molecule has 0 saturated heterocycles. The van der Waals surface area contributed by atoms with Crippen LogP contribution in [0.1, 0.15) is 55.0 Å². The van der Waals surface area contributed by atoms with Crippen LogP contribution >= 0.6 is 0 Å². The quantitative estimate of drug-likeness (QED) is 0.865. The van der Waals surface area contributed by atoms with Crippen LogP contribution in [0, 0.1) is 0 Å². The highest BCUT2D eigenvalue weighted by molar-refractivity contribution is 6.04. The number of nitrogens with zero attached hydrogens (tertiary/aromatic N) is 2. The number of aromatic nitrogens is 2. The summed E-state index contributed by atoms with van der Waals surface area (Å²) in [6, 6.07) is 7.73. The predicted octanol–water partition coefficient (Wildman–Crippen LogP) is 3.52. The second kappa shape index (κ2) is 7.42. The Balaban J connectivity index is 1.73. The number of aromatic amines is 1. The normalized spacial score (nSPS) is 13.9. The maximum atomic E-state index is 12.7. The van der Waals surface area contributed by atoms with Crippen LogP contribution in [0.4, 0.5) is 10.5 Å². The van der Waals surface area contributed by atoms with Crippen LogP contribution in [0.15, 0.2) is 24.3 Å². The number of hydrogen-bond acceptors (Lipinski definition) is 4. The fourth-order valence-electron chi connectivity index (χ4n) is 2.98. The molecule has 2 N–H and O–H groups in total. The van der Waals surface area contributed by atoms with Gasteiger partial charge in [-0.3, -0.25) is 9.89 Å². The predicted molar refractivity (Wildman–Crippen MR) is 103 cm³/mol. The molecule has 0 radical (unpaired) electrons. The molecule has 144 valence electrons. The molecule has 3 rings (SSSR count). The van der Waals surface area contributed by atoms with E-state index in [1.54, 1.807) is 4.90 Å². The summed E-state index contributed by atoms with van der Waals surface area (Å²) in [5.41, 5.74) is 3.32.